The second-order valence-electron chi connectivity index (χ2n) is 4.53. The van der Waals surface area contributed by atoms with Gasteiger partial charge in [-0.05, 0) is 36.8 Å². The van der Waals surface area contributed by atoms with Crippen molar-refractivity contribution in [1.29, 1.82) is 0 Å². The van der Waals surface area contributed by atoms with Crippen molar-refractivity contribution in [3.63, 3.8) is 0 Å². The molecule has 0 radical (unpaired) electrons. The van der Waals surface area contributed by atoms with E-state index in [4.69, 9.17) is 0 Å². The van der Waals surface area contributed by atoms with Gasteiger partial charge in [0.2, 0.25) is 5.91 Å². The normalized spacial score (nSPS) is 10.1. The number of rotatable bonds is 4. The van der Waals surface area contributed by atoms with Gasteiger partial charge in [0, 0.05) is 11.3 Å². The second-order valence-corrected chi connectivity index (χ2v) is 4.53. The first-order valence-corrected chi connectivity index (χ1v) is 6.23. The minimum atomic E-state index is -0.170. The van der Waals surface area contributed by atoms with Crippen molar-refractivity contribution in [3.8, 4) is 5.75 Å². The van der Waals surface area contributed by atoms with Crippen molar-refractivity contribution in [3.05, 3.63) is 59.7 Å². The van der Waals surface area contributed by atoms with Crippen LogP contribution in [0.4, 0.5) is 5.69 Å². The Labute approximate surface area is 117 Å². The predicted molar refractivity (Wildman–Crippen MR) is 76.9 cm³/mol. The molecule has 2 rings (SSSR count). The van der Waals surface area contributed by atoms with Crippen molar-refractivity contribution in [2.75, 3.05) is 5.32 Å². The Kier molecular flexibility index (Phi) is 4.15. The number of amides is 1. The van der Waals surface area contributed by atoms with Crippen molar-refractivity contribution >= 4 is 17.4 Å². The Morgan fingerprint density at radius 2 is 1.80 bits per heavy atom. The van der Waals surface area contributed by atoms with Gasteiger partial charge < -0.3 is 10.4 Å². The SMILES string of the molecule is CC(=O)c1cccc(NC(=O)Cc2ccc(O)cc2)c1. The van der Waals surface area contributed by atoms with E-state index in [9.17, 15) is 14.7 Å². The first kappa shape index (κ1) is 13.8. The lowest BCUT2D eigenvalue weighted by atomic mass is 10.1. The Hall–Kier alpha value is -2.62. The van der Waals surface area contributed by atoms with Gasteiger partial charge in [0.25, 0.3) is 0 Å². The summed E-state index contributed by atoms with van der Waals surface area (Å²) >= 11 is 0. The van der Waals surface area contributed by atoms with Crippen molar-refractivity contribution < 1.29 is 14.7 Å². The second kappa shape index (κ2) is 6.02. The first-order chi connectivity index (χ1) is 9.54. The maximum atomic E-state index is 11.9. The molecular formula is C16H15NO3. The molecule has 0 aliphatic carbocycles. The average Bonchev–Trinajstić information content (AvgIpc) is 2.41. The molecule has 2 aromatic carbocycles. The van der Waals surface area contributed by atoms with Crippen molar-refractivity contribution in [1.82, 2.24) is 0 Å². The van der Waals surface area contributed by atoms with Crippen LogP contribution in [0, 0.1) is 0 Å². The average molecular weight is 269 g/mol. The molecule has 2 N–H and O–H groups in total. The number of phenols is 1. The molecule has 0 saturated carbocycles. The highest BCUT2D eigenvalue weighted by Crippen LogP contribution is 2.13. The molecule has 0 atom stereocenters. The summed E-state index contributed by atoms with van der Waals surface area (Å²) in [6, 6.07) is 13.3. The highest BCUT2D eigenvalue weighted by atomic mass is 16.3. The van der Waals surface area contributed by atoms with E-state index in [2.05, 4.69) is 5.32 Å². The summed E-state index contributed by atoms with van der Waals surface area (Å²) in [5.41, 5.74) is 1.97. The van der Waals surface area contributed by atoms with Crippen molar-refractivity contribution in [2.24, 2.45) is 0 Å². The zero-order chi connectivity index (χ0) is 14.5. The largest absolute Gasteiger partial charge is 0.508 e. The quantitative estimate of drug-likeness (QED) is 0.839. The third kappa shape index (κ3) is 3.68. The number of hydrogen-bond acceptors (Lipinski definition) is 3. The molecule has 0 fully saturated rings. The van der Waals surface area contributed by atoms with Gasteiger partial charge in [0.1, 0.15) is 5.75 Å². The van der Waals surface area contributed by atoms with Crippen LogP contribution in [0.25, 0.3) is 0 Å². The number of ketones is 1. The summed E-state index contributed by atoms with van der Waals surface area (Å²) in [6.07, 6.45) is 0.213. The van der Waals surface area contributed by atoms with Crippen molar-refractivity contribution in [2.45, 2.75) is 13.3 Å². The van der Waals surface area contributed by atoms with Crippen LogP contribution in [-0.4, -0.2) is 16.8 Å². The number of nitrogens with one attached hydrogen (secondary N) is 1. The molecule has 2 aromatic rings. The van der Waals surface area contributed by atoms with E-state index in [1.807, 2.05) is 0 Å². The molecule has 0 aliphatic heterocycles. The first-order valence-electron chi connectivity index (χ1n) is 6.23. The standard InChI is InChI=1S/C16H15NO3/c1-11(18)13-3-2-4-14(10-13)17-16(20)9-12-5-7-15(19)8-6-12/h2-8,10,19H,9H2,1H3,(H,17,20). The van der Waals surface area contributed by atoms with Gasteiger partial charge in [-0.2, -0.15) is 0 Å². The van der Waals surface area contributed by atoms with Gasteiger partial charge >= 0.3 is 0 Å². The molecule has 102 valence electrons. The Bertz CT molecular complexity index is 632. The number of carbonyl (C=O) groups excluding carboxylic acids is 2. The highest BCUT2D eigenvalue weighted by Gasteiger charge is 2.06. The zero-order valence-corrected chi connectivity index (χ0v) is 11.1. The summed E-state index contributed by atoms with van der Waals surface area (Å²) in [5, 5.41) is 11.9. The fourth-order valence-electron chi connectivity index (χ4n) is 1.82. The maximum Gasteiger partial charge on any atom is 0.228 e. The number of carbonyl (C=O) groups is 2. The van der Waals surface area contributed by atoms with Gasteiger partial charge in [-0.1, -0.05) is 24.3 Å². The predicted octanol–water partition coefficient (Wildman–Crippen LogP) is 2.78. The smallest absolute Gasteiger partial charge is 0.228 e. The third-order valence-electron chi connectivity index (χ3n) is 2.85. The van der Waals surface area contributed by atoms with Crippen LogP contribution in [0.3, 0.4) is 0 Å². The van der Waals surface area contributed by atoms with Crippen LogP contribution < -0.4 is 5.32 Å². The molecule has 0 bridgehead atoms. The molecule has 0 aliphatic rings. The minimum Gasteiger partial charge on any atom is -0.508 e. The third-order valence-corrected chi connectivity index (χ3v) is 2.85. The minimum absolute atomic E-state index is 0.0420. The Balaban J connectivity index is 2.02. The van der Waals surface area contributed by atoms with E-state index in [1.54, 1.807) is 48.5 Å². The van der Waals surface area contributed by atoms with Crippen LogP contribution >= 0.6 is 0 Å². The molecule has 20 heavy (non-hydrogen) atoms. The lowest BCUT2D eigenvalue weighted by Crippen LogP contribution is -2.14. The molecule has 0 heterocycles. The van der Waals surface area contributed by atoms with Gasteiger partial charge in [0.15, 0.2) is 5.78 Å². The van der Waals surface area contributed by atoms with E-state index in [1.165, 1.54) is 6.92 Å². The lowest BCUT2D eigenvalue weighted by molar-refractivity contribution is -0.115. The Morgan fingerprint density at radius 1 is 1.10 bits per heavy atom. The van der Waals surface area contributed by atoms with Gasteiger partial charge in [-0.15, -0.1) is 0 Å². The van der Waals surface area contributed by atoms with Crippen LogP contribution in [0.5, 0.6) is 5.75 Å². The molecule has 0 aromatic heterocycles. The van der Waals surface area contributed by atoms with Gasteiger partial charge in [-0.25, -0.2) is 0 Å². The fraction of sp³-hybridized carbons (Fsp3) is 0.125. The molecule has 0 unspecified atom stereocenters. The molecule has 1 amide bonds. The zero-order valence-electron chi connectivity index (χ0n) is 11.1. The van der Waals surface area contributed by atoms with Crippen LogP contribution in [0.15, 0.2) is 48.5 Å². The summed E-state index contributed by atoms with van der Waals surface area (Å²) in [6.45, 7) is 1.48. The van der Waals surface area contributed by atoms with Gasteiger partial charge in [0.05, 0.1) is 6.42 Å². The number of phenolic OH excluding ortho intramolecular Hbond substituents is 1. The number of anilines is 1. The highest BCUT2D eigenvalue weighted by molar-refractivity contribution is 5.97. The monoisotopic (exact) mass is 269 g/mol. The van der Waals surface area contributed by atoms with Gasteiger partial charge in [-0.3, -0.25) is 9.59 Å². The van der Waals surface area contributed by atoms with E-state index in [0.29, 0.717) is 11.3 Å². The summed E-state index contributed by atoms with van der Waals surface area (Å²) in [7, 11) is 0. The lowest BCUT2D eigenvalue weighted by Gasteiger charge is -2.06. The molecule has 0 saturated heterocycles. The number of aromatic hydroxyl groups is 1. The molecule has 4 nitrogen and oxygen atoms in total. The van der Waals surface area contributed by atoms with E-state index < -0.39 is 0 Å². The fourth-order valence-corrected chi connectivity index (χ4v) is 1.82. The summed E-state index contributed by atoms with van der Waals surface area (Å²) in [4.78, 5) is 23.2. The topological polar surface area (TPSA) is 66.4 Å². The number of hydrogen-bond donors (Lipinski definition) is 2. The van der Waals surface area contributed by atoms with Crippen LogP contribution in [-0.2, 0) is 11.2 Å². The van der Waals surface area contributed by atoms with Crippen LogP contribution in [0.1, 0.15) is 22.8 Å². The van der Waals surface area contributed by atoms with E-state index in [0.717, 1.165) is 5.56 Å². The molecule has 0 spiro atoms. The molecule has 4 heteroatoms. The number of Topliss-reactive ketones (excluding diaryl/α,β-unsaturated/α-hetero) is 1. The molecular weight excluding hydrogens is 254 g/mol. The van der Waals surface area contributed by atoms with E-state index >= 15 is 0 Å². The Morgan fingerprint density at radius 3 is 2.45 bits per heavy atom. The van der Waals surface area contributed by atoms with E-state index in [-0.39, 0.29) is 23.9 Å². The maximum absolute atomic E-state index is 11.9. The van der Waals surface area contributed by atoms with Crippen LogP contribution in [0.2, 0.25) is 0 Å². The summed E-state index contributed by atoms with van der Waals surface area (Å²) < 4.78 is 0. The number of benzene rings is 2. The summed E-state index contributed by atoms with van der Waals surface area (Å²) in [5.74, 6) is -0.0423.